The Labute approximate surface area is 131 Å². The van der Waals surface area contributed by atoms with E-state index in [1.165, 1.54) is 24.5 Å². The summed E-state index contributed by atoms with van der Waals surface area (Å²) in [5.74, 6) is -0.412. The Balaban J connectivity index is 0. The molecule has 0 aliphatic carbocycles. The van der Waals surface area contributed by atoms with E-state index >= 15 is 0 Å². The lowest BCUT2D eigenvalue weighted by molar-refractivity contribution is 0.146. The second-order valence-electron chi connectivity index (χ2n) is 3.71. The van der Waals surface area contributed by atoms with Crippen LogP contribution in [-0.2, 0) is 0 Å². The van der Waals surface area contributed by atoms with Crippen molar-refractivity contribution in [3.8, 4) is 0 Å². The van der Waals surface area contributed by atoms with Crippen molar-refractivity contribution in [3.63, 3.8) is 0 Å². The van der Waals surface area contributed by atoms with E-state index in [4.69, 9.17) is 0 Å². The third-order valence-electron chi connectivity index (χ3n) is 2.04. The first-order valence-corrected chi connectivity index (χ1v) is 7.28. The van der Waals surface area contributed by atoms with E-state index in [2.05, 4.69) is 9.97 Å². The van der Waals surface area contributed by atoms with Gasteiger partial charge in [0, 0.05) is 12.4 Å². The van der Waals surface area contributed by atoms with E-state index in [0.717, 1.165) is 11.1 Å². The van der Waals surface area contributed by atoms with E-state index < -0.39 is 12.4 Å². The lowest BCUT2D eigenvalue weighted by Crippen LogP contribution is -1.88. The highest BCUT2D eigenvalue weighted by Gasteiger charge is 2.06. The van der Waals surface area contributed by atoms with Crippen LogP contribution in [0.5, 0.6) is 0 Å². The van der Waals surface area contributed by atoms with Crippen LogP contribution in [-0.4, -0.2) is 9.97 Å². The number of alkyl halides is 2. The quantitative estimate of drug-likeness (QED) is 0.612. The Bertz CT molecular complexity index is 486. The molecule has 2 nitrogen and oxygen atoms in total. The van der Waals surface area contributed by atoms with Gasteiger partial charge in [-0.1, -0.05) is 27.7 Å². The van der Waals surface area contributed by atoms with Crippen molar-refractivity contribution in [1.29, 1.82) is 0 Å². The van der Waals surface area contributed by atoms with Crippen LogP contribution < -0.4 is 0 Å². The van der Waals surface area contributed by atoms with Gasteiger partial charge >= 0.3 is 0 Å². The maximum atomic E-state index is 12.1. The van der Waals surface area contributed by atoms with Gasteiger partial charge in [-0.15, -0.1) is 0 Å². The highest BCUT2D eigenvalue weighted by atomic mass is 19.3. The van der Waals surface area contributed by atoms with Gasteiger partial charge in [-0.3, -0.25) is 4.98 Å². The van der Waals surface area contributed by atoms with Crippen LogP contribution in [0.2, 0.25) is 0 Å². The van der Waals surface area contributed by atoms with Gasteiger partial charge in [0.2, 0.25) is 5.95 Å². The number of aryl methyl sites for hydroxylation is 2. The number of hydrogen-bond donors (Lipinski definition) is 0. The SMILES string of the molecule is CC.CC.Cc1ccnc(C(F)F)c1.Cc1ccnc(F)c1. The number of nitrogens with zero attached hydrogens (tertiary/aromatic N) is 2. The summed E-state index contributed by atoms with van der Waals surface area (Å²) in [6.45, 7) is 11.6. The summed E-state index contributed by atoms with van der Waals surface area (Å²) in [7, 11) is 0. The smallest absolute Gasteiger partial charge is 0.255 e. The lowest BCUT2D eigenvalue weighted by Gasteiger charge is -1.97. The van der Waals surface area contributed by atoms with Crippen LogP contribution in [0, 0.1) is 19.8 Å². The number of halogens is 3. The summed E-state index contributed by atoms with van der Waals surface area (Å²) in [6.07, 6.45) is 0.376. The normalized spacial score (nSPS) is 8.64. The summed E-state index contributed by atoms with van der Waals surface area (Å²) >= 11 is 0. The van der Waals surface area contributed by atoms with Crippen molar-refractivity contribution < 1.29 is 13.2 Å². The fourth-order valence-corrected chi connectivity index (χ4v) is 1.18. The molecule has 5 heteroatoms. The maximum Gasteiger partial charge on any atom is 0.280 e. The van der Waals surface area contributed by atoms with E-state index in [1.807, 2.05) is 34.6 Å². The first-order chi connectivity index (χ1) is 10.5. The zero-order chi connectivity index (χ0) is 17.5. The van der Waals surface area contributed by atoms with E-state index in [1.54, 1.807) is 19.1 Å². The molecule has 0 unspecified atom stereocenters. The predicted octanol–water partition coefficient (Wildman–Crippen LogP) is 5.91. The zero-order valence-corrected chi connectivity index (χ0v) is 14.1. The highest BCUT2D eigenvalue weighted by Crippen LogP contribution is 2.15. The monoisotopic (exact) mass is 314 g/mol. The molecule has 0 radical (unpaired) electrons. The predicted molar refractivity (Wildman–Crippen MR) is 85.6 cm³/mol. The van der Waals surface area contributed by atoms with Gasteiger partial charge in [0.25, 0.3) is 6.43 Å². The summed E-state index contributed by atoms with van der Waals surface area (Å²) in [6, 6.07) is 6.21. The molecule has 2 aromatic rings. The zero-order valence-electron chi connectivity index (χ0n) is 14.1. The second-order valence-corrected chi connectivity index (χ2v) is 3.71. The van der Waals surface area contributed by atoms with Crippen molar-refractivity contribution in [2.75, 3.05) is 0 Å². The van der Waals surface area contributed by atoms with Crippen molar-refractivity contribution in [1.82, 2.24) is 9.97 Å². The van der Waals surface area contributed by atoms with Crippen molar-refractivity contribution in [2.45, 2.75) is 48.0 Å². The molecule has 0 amide bonds. The molecule has 0 N–H and O–H groups in total. The summed E-state index contributed by atoms with van der Waals surface area (Å²) < 4.78 is 35.8. The van der Waals surface area contributed by atoms with Crippen LogP contribution in [0.3, 0.4) is 0 Å². The fourth-order valence-electron chi connectivity index (χ4n) is 1.18. The Morgan fingerprint density at radius 1 is 0.818 bits per heavy atom. The van der Waals surface area contributed by atoms with Gasteiger partial charge in [0.15, 0.2) is 0 Å². The van der Waals surface area contributed by atoms with Crippen LogP contribution in [0.15, 0.2) is 36.7 Å². The van der Waals surface area contributed by atoms with Crippen molar-refractivity contribution in [2.24, 2.45) is 0 Å². The third kappa shape index (κ3) is 10.8. The minimum Gasteiger partial charge on any atom is -0.255 e. The molecule has 0 aliphatic heterocycles. The number of aromatic nitrogens is 2. The van der Waals surface area contributed by atoms with Gasteiger partial charge in [-0.25, -0.2) is 13.8 Å². The van der Waals surface area contributed by atoms with Gasteiger partial charge in [-0.2, -0.15) is 4.39 Å². The van der Waals surface area contributed by atoms with Gasteiger partial charge in [0.05, 0.1) is 0 Å². The van der Waals surface area contributed by atoms with Crippen molar-refractivity contribution >= 4 is 0 Å². The van der Waals surface area contributed by atoms with Crippen LogP contribution in [0.25, 0.3) is 0 Å². The molecule has 0 fully saturated rings. The molecule has 0 spiro atoms. The van der Waals surface area contributed by atoms with Gasteiger partial charge in [0.1, 0.15) is 5.69 Å². The minimum absolute atomic E-state index is 0.153. The molecule has 0 aliphatic rings. The molecule has 0 aromatic carbocycles. The Morgan fingerprint density at radius 3 is 1.55 bits per heavy atom. The average Bonchev–Trinajstić information content (AvgIpc) is 2.51. The van der Waals surface area contributed by atoms with Crippen molar-refractivity contribution in [3.05, 3.63) is 59.4 Å². The van der Waals surface area contributed by atoms with Crippen LogP contribution in [0.4, 0.5) is 13.2 Å². The Hall–Kier alpha value is -1.91. The third-order valence-corrected chi connectivity index (χ3v) is 2.04. The second kappa shape index (κ2) is 14.0. The highest BCUT2D eigenvalue weighted by molar-refractivity contribution is 5.14. The molecule has 2 heterocycles. The van der Waals surface area contributed by atoms with E-state index in [9.17, 15) is 13.2 Å². The van der Waals surface area contributed by atoms with Crippen LogP contribution >= 0.6 is 0 Å². The molecule has 0 saturated carbocycles. The largest absolute Gasteiger partial charge is 0.280 e. The summed E-state index contributed by atoms with van der Waals surface area (Å²) in [4.78, 5) is 6.86. The molecule has 2 rings (SSSR count). The molecule has 0 saturated heterocycles. The lowest BCUT2D eigenvalue weighted by atomic mass is 10.2. The summed E-state index contributed by atoms with van der Waals surface area (Å²) in [5.41, 5.74) is 1.56. The first kappa shape index (κ1) is 22.4. The first-order valence-electron chi connectivity index (χ1n) is 7.28. The Kier molecular flexibility index (Phi) is 14.3. The number of rotatable bonds is 1. The molecule has 2 aromatic heterocycles. The minimum atomic E-state index is -2.46. The summed E-state index contributed by atoms with van der Waals surface area (Å²) in [5, 5.41) is 0. The van der Waals surface area contributed by atoms with E-state index in [-0.39, 0.29) is 5.69 Å². The molecular formula is C17H25F3N2. The van der Waals surface area contributed by atoms with Gasteiger partial charge < -0.3 is 0 Å². The standard InChI is InChI=1S/C7H7F2N.C6H6FN.2C2H6/c1-5-2-3-10-6(4-5)7(8)9;1-5-2-3-8-6(7)4-5;2*1-2/h2-4,7H,1H3;2-4H,1H3;2*1-2H3. The average molecular weight is 314 g/mol. The molecular weight excluding hydrogens is 289 g/mol. The molecule has 22 heavy (non-hydrogen) atoms. The van der Waals surface area contributed by atoms with Crippen LogP contribution in [0.1, 0.15) is 50.9 Å². The van der Waals surface area contributed by atoms with Gasteiger partial charge in [-0.05, 0) is 49.2 Å². The fraction of sp³-hybridized carbons (Fsp3) is 0.412. The molecule has 124 valence electrons. The number of hydrogen-bond acceptors (Lipinski definition) is 2. The topological polar surface area (TPSA) is 25.8 Å². The maximum absolute atomic E-state index is 12.1. The Morgan fingerprint density at radius 2 is 1.27 bits per heavy atom. The van der Waals surface area contributed by atoms with E-state index in [0.29, 0.717) is 0 Å². The molecule has 0 atom stereocenters. The molecule has 0 bridgehead atoms. The number of pyridine rings is 2.